The summed E-state index contributed by atoms with van der Waals surface area (Å²) in [6.45, 7) is 6.90. The van der Waals surface area contributed by atoms with E-state index in [-0.39, 0.29) is 11.7 Å². The van der Waals surface area contributed by atoms with Crippen molar-refractivity contribution in [2.24, 2.45) is 0 Å². The molecule has 30 heavy (non-hydrogen) atoms. The van der Waals surface area contributed by atoms with E-state index in [4.69, 9.17) is 4.74 Å². The summed E-state index contributed by atoms with van der Waals surface area (Å²) in [4.78, 5) is 45.7. The van der Waals surface area contributed by atoms with Gasteiger partial charge in [0.15, 0.2) is 5.13 Å². The second kappa shape index (κ2) is 9.00. The van der Waals surface area contributed by atoms with Gasteiger partial charge < -0.3 is 10.1 Å². The Morgan fingerprint density at radius 1 is 1.17 bits per heavy atom. The van der Waals surface area contributed by atoms with Crippen LogP contribution < -0.4 is 11.0 Å². The lowest BCUT2D eigenvalue weighted by molar-refractivity contribution is -0.118. The number of nitrogens with one attached hydrogen (secondary N) is 1. The Bertz CT molecular complexity index is 1140. The molecular formula is C21H22N4O4S. The van der Waals surface area contributed by atoms with E-state index in [1.165, 1.54) is 4.57 Å². The number of nitrogens with zero attached hydrogens (tertiary/aromatic N) is 3. The molecule has 3 aromatic rings. The second-order valence-corrected chi connectivity index (χ2v) is 7.85. The molecule has 0 radical (unpaired) electrons. The van der Waals surface area contributed by atoms with Crippen molar-refractivity contribution in [3.8, 4) is 0 Å². The first kappa shape index (κ1) is 21.4. The van der Waals surface area contributed by atoms with Crippen molar-refractivity contribution >= 4 is 28.3 Å². The first-order valence-corrected chi connectivity index (χ1v) is 10.1. The van der Waals surface area contributed by atoms with Gasteiger partial charge in [-0.1, -0.05) is 41.7 Å². The van der Waals surface area contributed by atoms with Gasteiger partial charge in [0.25, 0.3) is 0 Å². The standard InChI is InChI=1S/C21H22N4O4S/c1-12-10-13(2)25(21(28)22-12)15(4)18(26)24-20-23-14(3)17(30-20)19(27)29-11-16-8-6-5-7-9-16/h5-10,15H,11H2,1-4H3,(H,23,24,26). The van der Waals surface area contributed by atoms with Crippen LogP contribution in [0, 0.1) is 20.8 Å². The van der Waals surface area contributed by atoms with Crippen molar-refractivity contribution in [3.63, 3.8) is 0 Å². The third-order valence-electron chi connectivity index (χ3n) is 4.47. The van der Waals surface area contributed by atoms with Crippen LogP contribution in [0.25, 0.3) is 0 Å². The van der Waals surface area contributed by atoms with Crippen LogP contribution in [0.3, 0.4) is 0 Å². The average molecular weight is 426 g/mol. The number of ether oxygens (including phenoxy) is 1. The minimum atomic E-state index is -0.789. The molecule has 0 spiro atoms. The molecular weight excluding hydrogens is 404 g/mol. The summed E-state index contributed by atoms with van der Waals surface area (Å²) in [5.74, 6) is -0.930. The van der Waals surface area contributed by atoms with Crippen molar-refractivity contribution < 1.29 is 14.3 Å². The second-order valence-electron chi connectivity index (χ2n) is 6.85. The maximum absolute atomic E-state index is 12.7. The first-order valence-electron chi connectivity index (χ1n) is 9.32. The number of rotatable bonds is 6. The number of amides is 1. The maximum atomic E-state index is 12.7. The maximum Gasteiger partial charge on any atom is 0.350 e. The van der Waals surface area contributed by atoms with Crippen LogP contribution in [0.2, 0.25) is 0 Å². The highest BCUT2D eigenvalue weighted by atomic mass is 32.1. The van der Waals surface area contributed by atoms with E-state index in [0.29, 0.717) is 22.0 Å². The quantitative estimate of drug-likeness (QED) is 0.607. The van der Waals surface area contributed by atoms with Gasteiger partial charge in [0.05, 0.1) is 5.69 Å². The zero-order valence-corrected chi connectivity index (χ0v) is 17.9. The molecule has 2 aromatic heterocycles. The summed E-state index contributed by atoms with van der Waals surface area (Å²) in [5.41, 5.74) is 2.08. The summed E-state index contributed by atoms with van der Waals surface area (Å²) in [6.07, 6.45) is 0. The predicted octanol–water partition coefficient (Wildman–Crippen LogP) is 3.18. The van der Waals surface area contributed by atoms with Gasteiger partial charge in [-0.15, -0.1) is 0 Å². The number of carbonyl (C=O) groups excluding carboxylic acids is 2. The number of esters is 1. The van der Waals surface area contributed by atoms with Gasteiger partial charge in [-0.25, -0.2) is 14.6 Å². The van der Waals surface area contributed by atoms with E-state index in [9.17, 15) is 14.4 Å². The molecule has 0 aliphatic heterocycles. The highest BCUT2D eigenvalue weighted by molar-refractivity contribution is 7.17. The van der Waals surface area contributed by atoms with Crippen molar-refractivity contribution in [2.45, 2.75) is 40.3 Å². The molecule has 0 fully saturated rings. The Balaban J connectivity index is 1.70. The molecule has 3 rings (SSSR count). The van der Waals surface area contributed by atoms with Crippen LogP contribution in [-0.4, -0.2) is 26.4 Å². The summed E-state index contributed by atoms with van der Waals surface area (Å²) >= 11 is 1.03. The van der Waals surface area contributed by atoms with Gasteiger partial charge in [-0.05, 0) is 39.3 Å². The fourth-order valence-corrected chi connectivity index (χ4v) is 3.85. The summed E-state index contributed by atoms with van der Waals surface area (Å²) in [7, 11) is 0. The molecule has 8 nitrogen and oxygen atoms in total. The van der Waals surface area contributed by atoms with E-state index in [0.717, 1.165) is 16.9 Å². The minimum absolute atomic E-state index is 0.151. The fourth-order valence-electron chi connectivity index (χ4n) is 2.99. The van der Waals surface area contributed by atoms with Crippen LogP contribution in [0.5, 0.6) is 0 Å². The third-order valence-corrected chi connectivity index (χ3v) is 5.52. The van der Waals surface area contributed by atoms with E-state index >= 15 is 0 Å². The fraction of sp³-hybridized carbons (Fsp3) is 0.286. The number of hydrogen-bond donors (Lipinski definition) is 1. The SMILES string of the molecule is Cc1cc(C)n(C(C)C(=O)Nc2nc(C)c(C(=O)OCc3ccccc3)s2)c(=O)n1. The zero-order valence-electron chi connectivity index (χ0n) is 17.1. The van der Waals surface area contributed by atoms with Crippen molar-refractivity contribution in [1.29, 1.82) is 0 Å². The number of aromatic nitrogens is 3. The minimum Gasteiger partial charge on any atom is -0.457 e. The van der Waals surface area contributed by atoms with E-state index in [1.54, 1.807) is 33.8 Å². The normalized spacial score (nSPS) is 11.7. The number of hydrogen-bond acceptors (Lipinski definition) is 7. The molecule has 1 aromatic carbocycles. The topological polar surface area (TPSA) is 103 Å². The number of thiazole rings is 1. The molecule has 2 heterocycles. The highest BCUT2D eigenvalue weighted by Crippen LogP contribution is 2.24. The summed E-state index contributed by atoms with van der Waals surface area (Å²) in [6, 6.07) is 10.3. The van der Waals surface area contributed by atoms with Gasteiger partial charge in [-0.3, -0.25) is 9.36 Å². The van der Waals surface area contributed by atoms with Crippen LogP contribution >= 0.6 is 11.3 Å². The molecule has 9 heteroatoms. The average Bonchev–Trinajstić information content (AvgIpc) is 3.06. The molecule has 0 saturated carbocycles. The van der Waals surface area contributed by atoms with Gasteiger partial charge in [0.2, 0.25) is 5.91 Å². The summed E-state index contributed by atoms with van der Waals surface area (Å²) < 4.78 is 6.66. The first-order chi connectivity index (χ1) is 14.3. The monoisotopic (exact) mass is 426 g/mol. The molecule has 0 bridgehead atoms. The van der Waals surface area contributed by atoms with E-state index in [1.807, 2.05) is 30.3 Å². The Morgan fingerprint density at radius 2 is 1.87 bits per heavy atom. The van der Waals surface area contributed by atoms with E-state index < -0.39 is 23.6 Å². The van der Waals surface area contributed by atoms with Gasteiger partial charge in [-0.2, -0.15) is 4.98 Å². The molecule has 1 amide bonds. The molecule has 1 N–H and O–H groups in total. The molecule has 1 unspecified atom stereocenters. The Hall–Kier alpha value is -3.33. The molecule has 156 valence electrons. The number of anilines is 1. The lowest BCUT2D eigenvalue weighted by Crippen LogP contribution is -2.34. The lowest BCUT2D eigenvalue weighted by Gasteiger charge is -2.16. The molecule has 0 aliphatic rings. The van der Waals surface area contributed by atoms with Crippen LogP contribution in [0.1, 0.15) is 45.3 Å². The zero-order chi connectivity index (χ0) is 21.8. The lowest BCUT2D eigenvalue weighted by atomic mass is 10.2. The summed E-state index contributed by atoms with van der Waals surface area (Å²) in [5, 5.41) is 2.94. The van der Waals surface area contributed by atoms with Crippen molar-refractivity contribution in [2.75, 3.05) is 5.32 Å². The van der Waals surface area contributed by atoms with Crippen LogP contribution in [0.4, 0.5) is 5.13 Å². The molecule has 0 aliphatic carbocycles. The predicted molar refractivity (Wildman–Crippen MR) is 114 cm³/mol. The Labute approximate surface area is 177 Å². The number of carbonyl (C=O) groups is 2. The van der Waals surface area contributed by atoms with Gasteiger partial charge >= 0.3 is 11.7 Å². The smallest absolute Gasteiger partial charge is 0.350 e. The third kappa shape index (κ3) is 4.80. The van der Waals surface area contributed by atoms with E-state index in [2.05, 4.69) is 15.3 Å². The largest absolute Gasteiger partial charge is 0.457 e. The Kier molecular flexibility index (Phi) is 6.41. The van der Waals surface area contributed by atoms with Crippen molar-refractivity contribution in [3.05, 3.63) is 74.4 Å². The molecule has 1 atom stereocenters. The highest BCUT2D eigenvalue weighted by Gasteiger charge is 2.22. The Morgan fingerprint density at radius 3 is 2.53 bits per heavy atom. The molecule has 0 saturated heterocycles. The number of aryl methyl sites for hydroxylation is 3. The van der Waals surface area contributed by atoms with Crippen LogP contribution in [-0.2, 0) is 16.1 Å². The van der Waals surface area contributed by atoms with Gasteiger partial charge in [0.1, 0.15) is 17.5 Å². The van der Waals surface area contributed by atoms with Crippen molar-refractivity contribution in [1.82, 2.24) is 14.5 Å². The van der Waals surface area contributed by atoms with Crippen LogP contribution in [0.15, 0.2) is 41.2 Å². The van der Waals surface area contributed by atoms with Gasteiger partial charge in [0, 0.05) is 11.4 Å². The number of benzene rings is 1.